The van der Waals surface area contributed by atoms with E-state index in [1.807, 2.05) is 0 Å². The van der Waals surface area contributed by atoms with Crippen molar-refractivity contribution in [2.75, 3.05) is 9.80 Å². The van der Waals surface area contributed by atoms with Crippen molar-refractivity contribution in [3.8, 4) is 33.4 Å². The zero-order valence-corrected chi connectivity index (χ0v) is 41.5. The molecular weight excluding hydrogens is 885 g/mol. The first-order valence-electron chi connectivity index (χ1n) is 25.8. The second-order valence-electron chi connectivity index (χ2n) is 22.2. The van der Waals surface area contributed by atoms with Crippen LogP contribution in [0.5, 0.6) is 0 Å². The lowest BCUT2D eigenvalue weighted by molar-refractivity contribution is 0.657. The summed E-state index contributed by atoms with van der Waals surface area (Å²) in [7, 11) is 0. The third kappa shape index (κ3) is 5.24. The summed E-state index contributed by atoms with van der Waals surface area (Å²) in [5.41, 5.74) is 25.7. The van der Waals surface area contributed by atoms with Crippen molar-refractivity contribution in [3.63, 3.8) is 0 Å². The number of fused-ring (bicyclic) bond motifs is 17. The Labute approximate surface area is 425 Å². The standard InChI is InChI=1S/C70H50N2O/c1-68(2)55-23-11-9-19-48(55)50-21-15-27-60(65(50)68)71(45-17-7-6-8-18-45)46-31-29-41-37-53-52-33-34-62-64(67(52)69(3,4)58(53)39-43(41)35-46)54-38-42-30-32-47(36-44(42)40-63(54)73-62)72-59-26-14-13-25-57(59)70(5)56-24-12-10-20-49(56)51-22-16-28-61(72)66(51)70/h6-40H,1-5H3. The molecule has 3 aliphatic carbocycles. The maximum Gasteiger partial charge on any atom is 0.136 e. The van der Waals surface area contributed by atoms with Crippen molar-refractivity contribution >= 4 is 77.6 Å². The van der Waals surface area contributed by atoms with Gasteiger partial charge in [0.2, 0.25) is 0 Å². The molecule has 0 saturated heterocycles. The molecule has 16 rings (SSSR count). The lowest BCUT2D eigenvalue weighted by atomic mass is 9.70. The summed E-state index contributed by atoms with van der Waals surface area (Å²) >= 11 is 0. The van der Waals surface area contributed by atoms with E-state index >= 15 is 0 Å². The second kappa shape index (κ2) is 14.1. The van der Waals surface area contributed by atoms with Gasteiger partial charge in [-0.1, -0.05) is 155 Å². The van der Waals surface area contributed by atoms with Crippen LogP contribution >= 0.6 is 0 Å². The molecular formula is C70H50N2O. The van der Waals surface area contributed by atoms with Gasteiger partial charge in [-0.25, -0.2) is 0 Å². The molecule has 0 spiro atoms. The Morgan fingerprint density at radius 2 is 1.00 bits per heavy atom. The van der Waals surface area contributed by atoms with Gasteiger partial charge < -0.3 is 14.2 Å². The van der Waals surface area contributed by atoms with Crippen LogP contribution in [0.1, 0.15) is 73.6 Å². The Balaban J connectivity index is 0.813. The van der Waals surface area contributed by atoms with E-state index in [1.165, 1.54) is 111 Å². The molecule has 1 atom stereocenters. The molecule has 0 saturated carbocycles. The molecule has 0 bridgehead atoms. The van der Waals surface area contributed by atoms with Crippen LogP contribution in [0.4, 0.5) is 34.1 Å². The van der Waals surface area contributed by atoms with Gasteiger partial charge in [-0.3, -0.25) is 0 Å². The maximum absolute atomic E-state index is 6.91. The third-order valence-electron chi connectivity index (χ3n) is 17.7. The number of hydrogen-bond donors (Lipinski definition) is 0. The van der Waals surface area contributed by atoms with Crippen LogP contribution in [-0.4, -0.2) is 0 Å². The molecule has 0 radical (unpaired) electrons. The van der Waals surface area contributed by atoms with E-state index in [-0.39, 0.29) is 16.2 Å². The highest BCUT2D eigenvalue weighted by Crippen LogP contribution is 2.63. The number of furan rings is 1. The van der Waals surface area contributed by atoms with E-state index in [0.29, 0.717) is 0 Å². The second-order valence-corrected chi connectivity index (χ2v) is 22.2. The lowest BCUT2D eigenvalue weighted by Crippen LogP contribution is -2.32. The lowest BCUT2D eigenvalue weighted by Gasteiger charge is -2.42. The number of hydrogen-bond acceptors (Lipinski definition) is 3. The van der Waals surface area contributed by atoms with Gasteiger partial charge in [-0.15, -0.1) is 0 Å². The van der Waals surface area contributed by atoms with E-state index in [9.17, 15) is 0 Å². The molecule has 3 heteroatoms. The highest BCUT2D eigenvalue weighted by atomic mass is 16.3. The van der Waals surface area contributed by atoms with E-state index in [4.69, 9.17) is 4.42 Å². The molecule has 346 valence electrons. The fourth-order valence-corrected chi connectivity index (χ4v) is 14.5. The largest absolute Gasteiger partial charge is 0.456 e. The molecule has 4 aliphatic rings. The highest BCUT2D eigenvalue weighted by Gasteiger charge is 2.48. The minimum atomic E-state index is -0.287. The average molecular weight is 935 g/mol. The van der Waals surface area contributed by atoms with Gasteiger partial charge in [0.05, 0.1) is 17.1 Å². The summed E-state index contributed by atoms with van der Waals surface area (Å²) in [6.07, 6.45) is 0. The summed E-state index contributed by atoms with van der Waals surface area (Å²) in [6, 6.07) is 79.5. The van der Waals surface area contributed by atoms with E-state index < -0.39 is 0 Å². The summed E-state index contributed by atoms with van der Waals surface area (Å²) in [5.74, 6) is 0. The quantitative estimate of drug-likeness (QED) is 0.175. The van der Waals surface area contributed by atoms with Gasteiger partial charge in [0, 0.05) is 44.1 Å². The van der Waals surface area contributed by atoms with Crippen LogP contribution in [0.3, 0.4) is 0 Å². The minimum absolute atomic E-state index is 0.166. The van der Waals surface area contributed by atoms with E-state index in [0.717, 1.165) is 39.0 Å². The summed E-state index contributed by atoms with van der Waals surface area (Å²) in [4.78, 5) is 4.96. The first-order chi connectivity index (χ1) is 35.6. The zero-order chi connectivity index (χ0) is 48.7. The molecule has 0 amide bonds. The fourth-order valence-electron chi connectivity index (χ4n) is 14.5. The molecule has 11 aromatic carbocycles. The van der Waals surface area contributed by atoms with Crippen LogP contribution in [0, 0.1) is 0 Å². The molecule has 0 N–H and O–H groups in total. The Morgan fingerprint density at radius 3 is 1.84 bits per heavy atom. The third-order valence-corrected chi connectivity index (χ3v) is 17.7. The first kappa shape index (κ1) is 41.0. The van der Waals surface area contributed by atoms with E-state index in [2.05, 4.69) is 257 Å². The van der Waals surface area contributed by atoms with Gasteiger partial charge >= 0.3 is 0 Å². The van der Waals surface area contributed by atoms with Crippen molar-refractivity contribution in [1.82, 2.24) is 0 Å². The molecule has 1 unspecified atom stereocenters. The number of para-hydroxylation sites is 2. The maximum atomic E-state index is 6.91. The fraction of sp³-hybridized carbons (Fsp3) is 0.114. The van der Waals surface area contributed by atoms with Gasteiger partial charge in [-0.2, -0.15) is 0 Å². The smallest absolute Gasteiger partial charge is 0.136 e. The van der Waals surface area contributed by atoms with Crippen molar-refractivity contribution in [2.24, 2.45) is 0 Å². The summed E-state index contributed by atoms with van der Waals surface area (Å²) in [5, 5.41) is 7.19. The molecule has 0 fully saturated rings. The molecule has 3 nitrogen and oxygen atoms in total. The normalized spacial score (nSPS) is 16.8. The Morgan fingerprint density at radius 1 is 0.370 bits per heavy atom. The van der Waals surface area contributed by atoms with Gasteiger partial charge in [-0.05, 0) is 186 Å². The number of benzene rings is 11. The Hall–Kier alpha value is -8.66. The van der Waals surface area contributed by atoms with Crippen LogP contribution in [0.2, 0.25) is 0 Å². The van der Waals surface area contributed by atoms with Crippen LogP contribution < -0.4 is 9.80 Å². The summed E-state index contributed by atoms with van der Waals surface area (Å²) < 4.78 is 6.91. The number of rotatable bonds is 4. The predicted octanol–water partition coefficient (Wildman–Crippen LogP) is 19.1. The van der Waals surface area contributed by atoms with Gasteiger partial charge in [0.1, 0.15) is 11.2 Å². The van der Waals surface area contributed by atoms with Crippen LogP contribution in [0.15, 0.2) is 217 Å². The van der Waals surface area contributed by atoms with Crippen molar-refractivity contribution in [1.29, 1.82) is 0 Å². The Kier molecular flexibility index (Phi) is 7.90. The average Bonchev–Trinajstić information content (AvgIpc) is 4.06. The molecule has 1 aliphatic heterocycles. The van der Waals surface area contributed by atoms with Gasteiger partial charge in [0.25, 0.3) is 0 Å². The van der Waals surface area contributed by atoms with Crippen LogP contribution in [0.25, 0.3) is 76.9 Å². The van der Waals surface area contributed by atoms with Crippen molar-refractivity contribution in [2.45, 2.75) is 50.9 Å². The van der Waals surface area contributed by atoms with Crippen molar-refractivity contribution in [3.05, 3.63) is 251 Å². The minimum Gasteiger partial charge on any atom is -0.456 e. The van der Waals surface area contributed by atoms with Crippen molar-refractivity contribution < 1.29 is 4.42 Å². The highest BCUT2D eigenvalue weighted by molar-refractivity contribution is 6.15. The number of nitrogens with zero attached hydrogens (tertiary/aromatic N) is 2. The summed E-state index contributed by atoms with van der Waals surface area (Å²) in [6.45, 7) is 12.0. The SMILES string of the molecule is CC1(C)c2ccccc2-c2cccc(N(c3ccccc3)c3ccc4cc5c(cc4c3)C(C)(C)c3c-5ccc4oc5cc6cc(N7c8ccccc8C8(C)c9ccccc9-c9cccc7c98)ccc6cc5c34)c21. The van der Waals surface area contributed by atoms with Crippen LogP contribution in [-0.2, 0) is 16.2 Å². The molecule has 1 aromatic heterocycles. The Bertz CT molecular complexity index is 4420. The van der Waals surface area contributed by atoms with E-state index in [1.54, 1.807) is 0 Å². The monoisotopic (exact) mass is 934 g/mol. The molecule has 2 heterocycles. The molecule has 12 aromatic rings. The first-order valence-corrected chi connectivity index (χ1v) is 25.8. The van der Waals surface area contributed by atoms with Gasteiger partial charge in [0.15, 0.2) is 0 Å². The number of anilines is 6. The molecule has 73 heavy (non-hydrogen) atoms. The zero-order valence-electron chi connectivity index (χ0n) is 41.5. The predicted molar refractivity (Wildman–Crippen MR) is 304 cm³/mol. The topological polar surface area (TPSA) is 19.6 Å².